The van der Waals surface area contributed by atoms with Gasteiger partial charge in [-0.3, -0.25) is 0 Å². The fourth-order valence-corrected chi connectivity index (χ4v) is 2.62. The summed E-state index contributed by atoms with van der Waals surface area (Å²) >= 11 is 0. The monoisotopic (exact) mass is 270 g/mol. The van der Waals surface area contributed by atoms with Gasteiger partial charge in [-0.1, -0.05) is 12.1 Å². The van der Waals surface area contributed by atoms with E-state index in [2.05, 4.69) is 47.4 Å². The second kappa shape index (κ2) is 4.93. The Bertz CT molecular complexity index is 617. The van der Waals surface area contributed by atoms with E-state index < -0.39 is 0 Å². The van der Waals surface area contributed by atoms with Crippen molar-refractivity contribution >= 4 is 22.7 Å². The quantitative estimate of drug-likeness (QED) is 0.870. The van der Waals surface area contributed by atoms with E-state index in [-0.39, 0.29) is 5.54 Å². The highest BCUT2D eigenvalue weighted by Crippen LogP contribution is 2.41. The van der Waals surface area contributed by atoms with Gasteiger partial charge in [0.05, 0.1) is 5.52 Å². The Kier molecular flexibility index (Phi) is 3.24. The lowest BCUT2D eigenvalue weighted by atomic mass is 9.98. The molecule has 0 amide bonds. The lowest BCUT2D eigenvalue weighted by Gasteiger charge is -2.27. The Morgan fingerprint density at radius 2 is 1.95 bits per heavy atom. The van der Waals surface area contributed by atoms with Crippen molar-refractivity contribution in [2.24, 2.45) is 5.92 Å². The lowest BCUT2D eigenvalue weighted by Crippen LogP contribution is -2.33. The third-order valence-electron chi connectivity index (χ3n) is 3.98. The predicted molar refractivity (Wildman–Crippen MR) is 84.1 cm³/mol. The number of hydrogen-bond acceptors (Lipinski definition) is 4. The summed E-state index contributed by atoms with van der Waals surface area (Å²) in [5.41, 5.74) is 1.06. The second-order valence-electron chi connectivity index (χ2n) is 6.06. The van der Waals surface area contributed by atoms with Crippen LogP contribution in [0.15, 0.2) is 24.3 Å². The Morgan fingerprint density at radius 1 is 1.20 bits per heavy atom. The van der Waals surface area contributed by atoms with E-state index in [4.69, 9.17) is 0 Å². The van der Waals surface area contributed by atoms with E-state index in [1.165, 1.54) is 12.8 Å². The van der Waals surface area contributed by atoms with E-state index in [1.807, 2.05) is 18.2 Å². The second-order valence-corrected chi connectivity index (χ2v) is 6.06. The first-order valence-corrected chi connectivity index (χ1v) is 7.39. The zero-order valence-electron chi connectivity index (χ0n) is 12.4. The van der Waals surface area contributed by atoms with Crippen LogP contribution in [0.4, 0.5) is 11.8 Å². The molecule has 0 unspecified atom stereocenters. The number of nitrogens with zero attached hydrogens (tertiary/aromatic N) is 2. The number of rotatable bonds is 5. The molecule has 1 heterocycles. The van der Waals surface area contributed by atoms with Crippen LogP contribution >= 0.6 is 0 Å². The summed E-state index contributed by atoms with van der Waals surface area (Å²) in [5.74, 6) is 2.38. The van der Waals surface area contributed by atoms with Crippen LogP contribution in [0.3, 0.4) is 0 Å². The van der Waals surface area contributed by atoms with Crippen molar-refractivity contribution in [3.8, 4) is 0 Å². The minimum Gasteiger partial charge on any atom is -0.364 e. The third-order valence-corrected chi connectivity index (χ3v) is 3.98. The summed E-state index contributed by atoms with van der Waals surface area (Å²) in [7, 11) is 0. The molecule has 1 aliphatic rings. The smallest absolute Gasteiger partial charge is 0.225 e. The summed E-state index contributed by atoms with van der Waals surface area (Å²) in [4.78, 5) is 9.21. The van der Waals surface area contributed by atoms with Crippen LogP contribution in [-0.4, -0.2) is 22.1 Å². The van der Waals surface area contributed by atoms with Crippen molar-refractivity contribution in [1.29, 1.82) is 0 Å². The molecule has 1 aliphatic carbocycles. The summed E-state index contributed by atoms with van der Waals surface area (Å²) < 4.78 is 0. The van der Waals surface area contributed by atoms with Gasteiger partial charge in [-0.15, -0.1) is 0 Å². The molecule has 4 nitrogen and oxygen atoms in total. The fourth-order valence-electron chi connectivity index (χ4n) is 2.62. The van der Waals surface area contributed by atoms with Crippen LogP contribution in [0, 0.1) is 5.92 Å². The van der Waals surface area contributed by atoms with Gasteiger partial charge in [0.2, 0.25) is 5.95 Å². The number of nitrogens with one attached hydrogen (secondary N) is 2. The number of para-hydroxylation sites is 1. The van der Waals surface area contributed by atoms with E-state index in [1.54, 1.807) is 0 Å². The number of aromatic nitrogens is 2. The standard InChI is InChI=1S/C16H22N4/c1-4-17-15-18-13-8-6-5-7-12(13)14(19-15)20-16(2,3)11-9-10-11/h5-8,11H,4,9-10H2,1-3H3,(H2,17,18,19,20). The highest BCUT2D eigenvalue weighted by Gasteiger charge is 2.38. The van der Waals surface area contributed by atoms with Crippen molar-refractivity contribution in [3.05, 3.63) is 24.3 Å². The maximum absolute atomic E-state index is 4.65. The molecule has 2 N–H and O–H groups in total. The molecule has 0 bridgehead atoms. The van der Waals surface area contributed by atoms with E-state index >= 15 is 0 Å². The lowest BCUT2D eigenvalue weighted by molar-refractivity contribution is 0.493. The zero-order valence-corrected chi connectivity index (χ0v) is 12.4. The maximum Gasteiger partial charge on any atom is 0.225 e. The summed E-state index contributed by atoms with van der Waals surface area (Å²) in [6.07, 6.45) is 2.62. The Labute approximate surface area is 120 Å². The van der Waals surface area contributed by atoms with E-state index in [0.717, 1.165) is 29.2 Å². The third kappa shape index (κ3) is 2.55. The molecule has 0 atom stereocenters. The van der Waals surface area contributed by atoms with Gasteiger partial charge in [0, 0.05) is 17.5 Å². The number of hydrogen-bond donors (Lipinski definition) is 2. The van der Waals surface area contributed by atoms with Gasteiger partial charge >= 0.3 is 0 Å². The first-order chi connectivity index (χ1) is 9.60. The Balaban J connectivity index is 2.02. The number of benzene rings is 1. The van der Waals surface area contributed by atoms with Crippen molar-refractivity contribution in [3.63, 3.8) is 0 Å². The van der Waals surface area contributed by atoms with E-state index in [0.29, 0.717) is 5.95 Å². The van der Waals surface area contributed by atoms with Gasteiger partial charge in [-0.05, 0) is 51.7 Å². The molecule has 0 radical (unpaired) electrons. The molecule has 4 heteroatoms. The van der Waals surface area contributed by atoms with Crippen LogP contribution in [0.2, 0.25) is 0 Å². The Morgan fingerprint density at radius 3 is 2.65 bits per heavy atom. The molecule has 0 aliphatic heterocycles. The highest BCUT2D eigenvalue weighted by molar-refractivity contribution is 5.90. The van der Waals surface area contributed by atoms with Crippen LogP contribution < -0.4 is 10.6 Å². The first-order valence-electron chi connectivity index (χ1n) is 7.39. The highest BCUT2D eigenvalue weighted by atomic mass is 15.2. The van der Waals surface area contributed by atoms with Gasteiger partial charge in [0.1, 0.15) is 5.82 Å². The molecule has 1 aromatic heterocycles. The topological polar surface area (TPSA) is 49.8 Å². The minimum atomic E-state index is 0.0839. The molecule has 20 heavy (non-hydrogen) atoms. The molecule has 2 aromatic rings. The molecule has 1 fully saturated rings. The number of anilines is 2. The van der Waals surface area contributed by atoms with Gasteiger partial charge in [0.25, 0.3) is 0 Å². The maximum atomic E-state index is 4.65. The van der Waals surface area contributed by atoms with Crippen LogP contribution in [0.5, 0.6) is 0 Å². The van der Waals surface area contributed by atoms with Crippen LogP contribution in [-0.2, 0) is 0 Å². The van der Waals surface area contributed by atoms with Crippen molar-refractivity contribution < 1.29 is 0 Å². The van der Waals surface area contributed by atoms with Gasteiger partial charge < -0.3 is 10.6 Å². The fraction of sp³-hybridized carbons (Fsp3) is 0.500. The zero-order chi connectivity index (χ0) is 14.2. The van der Waals surface area contributed by atoms with Crippen LogP contribution in [0.25, 0.3) is 10.9 Å². The SMILES string of the molecule is CCNc1nc(NC(C)(C)C2CC2)c2ccccc2n1. The van der Waals surface area contributed by atoms with Gasteiger partial charge in [0.15, 0.2) is 0 Å². The molecule has 3 rings (SSSR count). The van der Waals surface area contributed by atoms with Crippen molar-refractivity contribution in [1.82, 2.24) is 9.97 Å². The molecule has 106 valence electrons. The molecule has 1 saturated carbocycles. The van der Waals surface area contributed by atoms with Crippen LogP contribution in [0.1, 0.15) is 33.6 Å². The predicted octanol–water partition coefficient (Wildman–Crippen LogP) is 3.66. The molecule has 1 aromatic carbocycles. The summed E-state index contributed by atoms with van der Waals surface area (Å²) in [5, 5.41) is 7.93. The minimum absolute atomic E-state index is 0.0839. The van der Waals surface area contributed by atoms with Crippen molar-refractivity contribution in [2.75, 3.05) is 17.2 Å². The molecular weight excluding hydrogens is 248 g/mol. The molecular formula is C16H22N4. The van der Waals surface area contributed by atoms with E-state index in [9.17, 15) is 0 Å². The normalized spacial score (nSPS) is 15.3. The average Bonchev–Trinajstić information content (AvgIpc) is 3.23. The van der Waals surface area contributed by atoms with Gasteiger partial charge in [-0.25, -0.2) is 4.98 Å². The van der Waals surface area contributed by atoms with Crippen molar-refractivity contribution in [2.45, 2.75) is 39.2 Å². The largest absolute Gasteiger partial charge is 0.364 e. The first kappa shape index (κ1) is 13.2. The summed E-state index contributed by atoms with van der Waals surface area (Å²) in [6.45, 7) is 7.40. The Hall–Kier alpha value is -1.84. The number of fused-ring (bicyclic) bond motifs is 1. The molecule has 0 spiro atoms. The average molecular weight is 270 g/mol. The summed E-state index contributed by atoms with van der Waals surface area (Å²) in [6, 6.07) is 8.17. The van der Waals surface area contributed by atoms with Gasteiger partial charge in [-0.2, -0.15) is 4.98 Å². The molecule has 0 saturated heterocycles.